The molecule has 1 N–H and O–H groups in total. The molecule has 1 aliphatic rings. The van der Waals surface area contributed by atoms with Gasteiger partial charge in [-0.3, -0.25) is 4.79 Å². The standard InChI is InChI=1S/C16H25N3O5S2/c1-18(2)26(23,24)15-8-6-13(7-9-15)11-17-16(20)14-5-4-10-19(12-14)25(3,21)22/h6-9,14H,4-5,10-12H2,1-3H3,(H,17,20). The van der Waals surface area contributed by atoms with Gasteiger partial charge in [-0.25, -0.2) is 25.4 Å². The number of rotatable bonds is 6. The summed E-state index contributed by atoms with van der Waals surface area (Å²) in [6.07, 6.45) is 2.46. The summed E-state index contributed by atoms with van der Waals surface area (Å²) in [5.74, 6) is -0.560. The van der Waals surface area contributed by atoms with E-state index in [1.54, 1.807) is 12.1 Å². The van der Waals surface area contributed by atoms with E-state index in [-0.39, 0.29) is 29.8 Å². The van der Waals surface area contributed by atoms with Crippen molar-refractivity contribution in [3.8, 4) is 0 Å². The number of nitrogens with one attached hydrogen (secondary N) is 1. The molecule has 0 saturated carbocycles. The first-order chi connectivity index (χ1) is 12.0. The van der Waals surface area contributed by atoms with Crippen LogP contribution < -0.4 is 5.32 Å². The summed E-state index contributed by atoms with van der Waals surface area (Å²) in [5.41, 5.74) is 0.770. The third-order valence-corrected chi connectivity index (χ3v) is 7.49. The normalized spacial score (nSPS) is 19.5. The van der Waals surface area contributed by atoms with Gasteiger partial charge < -0.3 is 5.32 Å². The van der Waals surface area contributed by atoms with Gasteiger partial charge in [-0.2, -0.15) is 0 Å². The van der Waals surface area contributed by atoms with Crippen molar-refractivity contribution in [2.45, 2.75) is 24.3 Å². The zero-order valence-corrected chi connectivity index (χ0v) is 16.8. The Hall–Kier alpha value is -1.49. The fourth-order valence-corrected chi connectivity index (χ4v) is 4.59. The lowest BCUT2D eigenvalue weighted by atomic mass is 9.99. The van der Waals surface area contributed by atoms with Gasteiger partial charge in [0, 0.05) is 33.7 Å². The number of carbonyl (C=O) groups excluding carboxylic acids is 1. The third-order valence-electron chi connectivity index (χ3n) is 4.39. The Kier molecular flexibility index (Phi) is 6.43. The highest BCUT2D eigenvalue weighted by Gasteiger charge is 2.30. The molecule has 1 fully saturated rings. The maximum Gasteiger partial charge on any atom is 0.242 e. The van der Waals surface area contributed by atoms with Crippen LogP contribution in [0.1, 0.15) is 18.4 Å². The molecule has 1 aromatic carbocycles. The topological polar surface area (TPSA) is 104 Å². The number of hydrogen-bond acceptors (Lipinski definition) is 5. The van der Waals surface area contributed by atoms with Crippen LogP contribution in [0, 0.1) is 5.92 Å². The van der Waals surface area contributed by atoms with Crippen LogP contribution in [0.25, 0.3) is 0 Å². The molecule has 2 rings (SSSR count). The summed E-state index contributed by atoms with van der Waals surface area (Å²) in [4.78, 5) is 12.5. The van der Waals surface area contributed by atoms with Crippen molar-refractivity contribution in [1.82, 2.24) is 13.9 Å². The molecule has 0 aliphatic carbocycles. The maximum absolute atomic E-state index is 12.3. The molecule has 1 aliphatic heterocycles. The van der Waals surface area contributed by atoms with Crippen LogP contribution >= 0.6 is 0 Å². The summed E-state index contributed by atoms with van der Waals surface area (Å²) in [6, 6.07) is 6.31. The highest BCUT2D eigenvalue weighted by atomic mass is 32.2. The Morgan fingerprint density at radius 1 is 1.19 bits per heavy atom. The number of sulfonamides is 2. The van der Waals surface area contributed by atoms with E-state index in [4.69, 9.17) is 0 Å². The quantitative estimate of drug-likeness (QED) is 0.732. The lowest BCUT2D eigenvalue weighted by molar-refractivity contribution is -0.126. The average Bonchev–Trinajstić information content (AvgIpc) is 2.59. The van der Waals surface area contributed by atoms with Gasteiger partial charge >= 0.3 is 0 Å². The first kappa shape index (κ1) is 20.8. The Bertz CT molecular complexity index is 848. The van der Waals surface area contributed by atoms with Crippen molar-refractivity contribution in [3.63, 3.8) is 0 Å². The second-order valence-corrected chi connectivity index (χ2v) is 10.7. The van der Waals surface area contributed by atoms with Gasteiger partial charge in [0.25, 0.3) is 0 Å². The second kappa shape index (κ2) is 8.03. The van der Waals surface area contributed by atoms with Crippen LogP contribution in [-0.2, 0) is 31.4 Å². The van der Waals surface area contributed by atoms with Crippen LogP contribution in [0.5, 0.6) is 0 Å². The molecule has 1 aromatic rings. The molecule has 0 spiro atoms. The summed E-state index contributed by atoms with van der Waals surface area (Å²) in [7, 11) is -3.84. The van der Waals surface area contributed by atoms with Gasteiger partial charge in [-0.15, -0.1) is 0 Å². The summed E-state index contributed by atoms with van der Waals surface area (Å²) in [5, 5.41) is 2.80. The van der Waals surface area contributed by atoms with Crippen molar-refractivity contribution < 1.29 is 21.6 Å². The predicted octanol–water partition coefficient (Wildman–Crippen LogP) is 0.225. The molecule has 8 nitrogen and oxygen atoms in total. The smallest absolute Gasteiger partial charge is 0.242 e. The van der Waals surface area contributed by atoms with Crippen LogP contribution in [0.2, 0.25) is 0 Å². The number of carbonyl (C=O) groups is 1. The molecule has 146 valence electrons. The van der Waals surface area contributed by atoms with E-state index in [0.29, 0.717) is 19.4 Å². The minimum atomic E-state index is -3.48. The molecule has 0 bridgehead atoms. The summed E-state index contributed by atoms with van der Waals surface area (Å²) >= 11 is 0. The fourth-order valence-electron chi connectivity index (χ4n) is 2.78. The Balaban J connectivity index is 1.95. The second-order valence-electron chi connectivity index (χ2n) is 6.61. The van der Waals surface area contributed by atoms with Crippen LogP contribution in [0.15, 0.2) is 29.2 Å². The monoisotopic (exact) mass is 403 g/mol. The molecule has 1 amide bonds. The first-order valence-corrected chi connectivity index (χ1v) is 11.5. The van der Waals surface area contributed by atoms with Gasteiger partial charge in [0.2, 0.25) is 26.0 Å². The highest BCUT2D eigenvalue weighted by Crippen LogP contribution is 2.19. The van der Waals surface area contributed by atoms with Gasteiger partial charge in [-0.05, 0) is 30.5 Å². The largest absolute Gasteiger partial charge is 0.352 e. The summed E-state index contributed by atoms with van der Waals surface area (Å²) < 4.78 is 49.8. The average molecular weight is 404 g/mol. The molecule has 1 saturated heterocycles. The van der Waals surface area contributed by atoms with E-state index >= 15 is 0 Å². The van der Waals surface area contributed by atoms with Crippen molar-refractivity contribution in [2.24, 2.45) is 5.92 Å². The summed E-state index contributed by atoms with van der Waals surface area (Å²) in [6.45, 7) is 0.908. The number of nitrogens with zero attached hydrogens (tertiary/aromatic N) is 2. The molecule has 1 atom stereocenters. The van der Waals surface area contributed by atoms with E-state index in [2.05, 4.69) is 5.32 Å². The van der Waals surface area contributed by atoms with E-state index in [1.165, 1.54) is 30.5 Å². The minimum absolute atomic E-state index is 0.189. The third kappa shape index (κ3) is 5.03. The molecular formula is C16H25N3O5S2. The zero-order chi connectivity index (χ0) is 19.5. The molecule has 1 heterocycles. The lowest BCUT2D eigenvalue weighted by Gasteiger charge is -2.30. The molecular weight excluding hydrogens is 378 g/mol. The number of piperidine rings is 1. The number of benzene rings is 1. The van der Waals surface area contributed by atoms with E-state index < -0.39 is 20.0 Å². The Morgan fingerprint density at radius 2 is 1.81 bits per heavy atom. The highest BCUT2D eigenvalue weighted by molar-refractivity contribution is 7.89. The molecule has 26 heavy (non-hydrogen) atoms. The Morgan fingerprint density at radius 3 is 2.35 bits per heavy atom. The van der Waals surface area contributed by atoms with Gasteiger partial charge in [0.05, 0.1) is 17.1 Å². The van der Waals surface area contributed by atoms with E-state index in [9.17, 15) is 21.6 Å². The molecule has 0 radical (unpaired) electrons. The van der Waals surface area contributed by atoms with Crippen LogP contribution in [-0.4, -0.2) is 64.8 Å². The van der Waals surface area contributed by atoms with Crippen molar-refractivity contribution >= 4 is 26.0 Å². The van der Waals surface area contributed by atoms with E-state index in [1.807, 2.05) is 0 Å². The van der Waals surface area contributed by atoms with Crippen molar-refractivity contribution in [1.29, 1.82) is 0 Å². The fraction of sp³-hybridized carbons (Fsp3) is 0.562. The zero-order valence-electron chi connectivity index (χ0n) is 15.2. The van der Waals surface area contributed by atoms with Gasteiger partial charge in [0.1, 0.15) is 0 Å². The first-order valence-electron chi connectivity index (χ1n) is 8.26. The van der Waals surface area contributed by atoms with Gasteiger partial charge in [-0.1, -0.05) is 12.1 Å². The van der Waals surface area contributed by atoms with Gasteiger partial charge in [0.15, 0.2) is 0 Å². The number of hydrogen-bond donors (Lipinski definition) is 1. The SMILES string of the molecule is CN(C)S(=O)(=O)c1ccc(CNC(=O)C2CCCN(S(C)(=O)=O)C2)cc1. The Labute approximate surface area is 155 Å². The minimum Gasteiger partial charge on any atom is -0.352 e. The maximum atomic E-state index is 12.3. The molecule has 1 unspecified atom stereocenters. The van der Waals surface area contributed by atoms with Crippen molar-refractivity contribution in [3.05, 3.63) is 29.8 Å². The van der Waals surface area contributed by atoms with Crippen molar-refractivity contribution in [2.75, 3.05) is 33.4 Å². The lowest BCUT2D eigenvalue weighted by Crippen LogP contribution is -2.44. The predicted molar refractivity (Wildman–Crippen MR) is 98.3 cm³/mol. The van der Waals surface area contributed by atoms with Crippen LogP contribution in [0.3, 0.4) is 0 Å². The number of amides is 1. The van der Waals surface area contributed by atoms with E-state index in [0.717, 1.165) is 16.1 Å². The van der Waals surface area contributed by atoms with Crippen LogP contribution in [0.4, 0.5) is 0 Å². The molecule has 0 aromatic heterocycles. The molecule has 10 heteroatoms.